The van der Waals surface area contributed by atoms with E-state index < -0.39 is 0 Å². The molecule has 2 fully saturated rings. The second kappa shape index (κ2) is 7.38. The zero-order valence-electron chi connectivity index (χ0n) is 13.3. The fourth-order valence-corrected chi connectivity index (χ4v) is 3.18. The Hall–Kier alpha value is -0.650. The number of carbonyl (C=O) groups is 1. The Balaban J connectivity index is 1.97. The Labute approximate surface area is 123 Å². The van der Waals surface area contributed by atoms with Gasteiger partial charge < -0.3 is 20.0 Å². The number of hydrogen-bond donors (Lipinski definition) is 1. The highest BCUT2D eigenvalue weighted by Crippen LogP contribution is 2.18. The largest absolute Gasteiger partial charge is 0.337 e. The quantitative estimate of drug-likeness (QED) is 0.783. The van der Waals surface area contributed by atoms with Crippen LogP contribution in [0.1, 0.15) is 25.7 Å². The number of likely N-dealkylation sites (tertiary alicyclic amines) is 1. The van der Waals surface area contributed by atoms with Gasteiger partial charge in [-0.2, -0.15) is 0 Å². The molecule has 2 rings (SSSR count). The molecule has 0 saturated carbocycles. The molecular weight excluding hydrogens is 252 g/mol. The van der Waals surface area contributed by atoms with Gasteiger partial charge in [0, 0.05) is 19.1 Å². The summed E-state index contributed by atoms with van der Waals surface area (Å²) in [4.78, 5) is 19.5. The minimum atomic E-state index is 0.0665. The van der Waals surface area contributed by atoms with Crippen molar-refractivity contribution in [1.29, 1.82) is 0 Å². The third-order valence-electron chi connectivity index (χ3n) is 4.56. The van der Waals surface area contributed by atoms with Crippen molar-refractivity contribution in [3.63, 3.8) is 0 Å². The van der Waals surface area contributed by atoms with E-state index in [-0.39, 0.29) is 6.04 Å². The minimum absolute atomic E-state index is 0.0665. The highest BCUT2D eigenvalue weighted by molar-refractivity contribution is 5.82. The van der Waals surface area contributed by atoms with Crippen LogP contribution in [0.5, 0.6) is 0 Å². The van der Waals surface area contributed by atoms with E-state index in [1.165, 1.54) is 0 Å². The van der Waals surface area contributed by atoms with Crippen LogP contribution in [0.15, 0.2) is 0 Å². The van der Waals surface area contributed by atoms with Gasteiger partial charge in [0.15, 0.2) is 0 Å². The zero-order valence-corrected chi connectivity index (χ0v) is 13.3. The first-order valence-corrected chi connectivity index (χ1v) is 7.95. The van der Waals surface area contributed by atoms with Crippen molar-refractivity contribution >= 4 is 5.91 Å². The van der Waals surface area contributed by atoms with E-state index in [2.05, 4.69) is 41.2 Å². The number of amides is 1. The third kappa shape index (κ3) is 4.17. The number of hydrogen-bond acceptors (Lipinski definition) is 4. The van der Waals surface area contributed by atoms with Crippen LogP contribution in [0.3, 0.4) is 0 Å². The Morgan fingerprint density at radius 3 is 2.45 bits per heavy atom. The maximum absolute atomic E-state index is 12.8. The first-order chi connectivity index (χ1) is 9.58. The topological polar surface area (TPSA) is 38.8 Å². The van der Waals surface area contributed by atoms with Crippen molar-refractivity contribution in [2.75, 3.05) is 53.9 Å². The molecule has 1 atom stereocenters. The van der Waals surface area contributed by atoms with Crippen LogP contribution in [0.25, 0.3) is 0 Å². The van der Waals surface area contributed by atoms with E-state index in [4.69, 9.17) is 0 Å². The lowest BCUT2D eigenvalue weighted by Gasteiger charge is -2.39. The molecule has 2 saturated heterocycles. The van der Waals surface area contributed by atoms with Gasteiger partial charge in [0.25, 0.3) is 0 Å². The van der Waals surface area contributed by atoms with Gasteiger partial charge in [0.05, 0.1) is 6.04 Å². The number of likely N-dealkylation sites (N-methyl/N-ethyl adjacent to an activating group) is 1. The number of piperidine rings is 1. The molecule has 0 aromatic rings. The molecule has 0 spiro atoms. The fourth-order valence-electron chi connectivity index (χ4n) is 3.18. The summed E-state index contributed by atoms with van der Waals surface area (Å²) in [6.07, 6.45) is 4.36. The van der Waals surface area contributed by atoms with Crippen molar-refractivity contribution < 1.29 is 4.79 Å². The predicted octanol–water partition coefficient (Wildman–Crippen LogP) is 0.223. The average Bonchev–Trinajstić information content (AvgIpc) is 2.94. The van der Waals surface area contributed by atoms with Crippen molar-refractivity contribution in [2.24, 2.45) is 0 Å². The third-order valence-corrected chi connectivity index (χ3v) is 4.56. The highest BCUT2D eigenvalue weighted by Gasteiger charge is 2.32. The SMILES string of the molecule is CN(C)CCN(C(=O)[C@H]1CCCN1)C1CCN(C)CC1. The van der Waals surface area contributed by atoms with E-state index in [9.17, 15) is 4.79 Å². The first kappa shape index (κ1) is 15.7. The minimum Gasteiger partial charge on any atom is -0.337 e. The lowest BCUT2D eigenvalue weighted by molar-refractivity contribution is -0.136. The monoisotopic (exact) mass is 282 g/mol. The first-order valence-electron chi connectivity index (χ1n) is 7.95. The van der Waals surface area contributed by atoms with E-state index in [1.54, 1.807) is 0 Å². The molecule has 1 amide bonds. The summed E-state index contributed by atoms with van der Waals surface area (Å²) < 4.78 is 0. The smallest absolute Gasteiger partial charge is 0.240 e. The van der Waals surface area contributed by atoms with Crippen LogP contribution in [0.2, 0.25) is 0 Å². The molecule has 2 aliphatic heterocycles. The molecule has 2 aliphatic rings. The molecule has 0 aromatic heterocycles. The van der Waals surface area contributed by atoms with Crippen LogP contribution in [0, 0.1) is 0 Å². The maximum atomic E-state index is 12.8. The molecule has 1 N–H and O–H groups in total. The summed E-state index contributed by atoms with van der Waals surface area (Å²) in [5, 5.41) is 3.36. The standard InChI is InChI=1S/C15H30N4O/c1-17(2)11-12-19(13-6-9-18(3)10-7-13)15(20)14-5-4-8-16-14/h13-14,16H,4-12H2,1-3H3/t14-/m1/s1. The number of nitrogens with zero attached hydrogens (tertiary/aromatic N) is 3. The van der Waals surface area contributed by atoms with Gasteiger partial charge in [0.2, 0.25) is 5.91 Å². The summed E-state index contributed by atoms with van der Waals surface area (Å²) in [5.41, 5.74) is 0. The summed E-state index contributed by atoms with van der Waals surface area (Å²) in [5.74, 6) is 0.332. The molecule has 5 heteroatoms. The second-order valence-corrected chi connectivity index (χ2v) is 6.52. The molecule has 0 aromatic carbocycles. The number of nitrogens with one attached hydrogen (secondary N) is 1. The lowest BCUT2D eigenvalue weighted by Crippen LogP contribution is -2.53. The van der Waals surface area contributed by atoms with E-state index >= 15 is 0 Å². The lowest BCUT2D eigenvalue weighted by atomic mass is 10.0. The van der Waals surface area contributed by atoms with Crippen molar-refractivity contribution in [3.8, 4) is 0 Å². The Morgan fingerprint density at radius 1 is 1.20 bits per heavy atom. The van der Waals surface area contributed by atoms with Gasteiger partial charge in [-0.1, -0.05) is 0 Å². The molecule has 5 nitrogen and oxygen atoms in total. The number of carbonyl (C=O) groups excluding carboxylic acids is 1. The molecule has 2 heterocycles. The van der Waals surface area contributed by atoms with Crippen molar-refractivity contribution in [1.82, 2.24) is 20.0 Å². The van der Waals surface area contributed by atoms with Crippen molar-refractivity contribution in [2.45, 2.75) is 37.8 Å². The van der Waals surface area contributed by atoms with Gasteiger partial charge >= 0.3 is 0 Å². The molecule has 0 aliphatic carbocycles. The van der Waals surface area contributed by atoms with Crippen molar-refractivity contribution in [3.05, 3.63) is 0 Å². The Morgan fingerprint density at radius 2 is 1.90 bits per heavy atom. The van der Waals surface area contributed by atoms with Crippen LogP contribution in [-0.2, 0) is 4.79 Å². The molecule has 0 radical (unpaired) electrons. The van der Waals surface area contributed by atoms with Gasteiger partial charge in [-0.3, -0.25) is 4.79 Å². The zero-order chi connectivity index (χ0) is 14.5. The van der Waals surface area contributed by atoms with Crippen LogP contribution >= 0.6 is 0 Å². The summed E-state index contributed by atoms with van der Waals surface area (Å²) in [6, 6.07) is 0.498. The van der Waals surface area contributed by atoms with Crippen LogP contribution in [-0.4, -0.2) is 86.6 Å². The van der Waals surface area contributed by atoms with Gasteiger partial charge in [0.1, 0.15) is 0 Å². The molecule has 20 heavy (non-hydrogen) atoms. The van der Waals surface area contributed by atoms with Gasteiger partial charge in [-0.25, -0.2) is 0 Å². The van der Waals surface area contributed by atoms with Gasteiger partial charge in [-0.15, -0.1) is 0 Å². The Kier molecular flexibility index (Phi) is 5.81. The van der Waals surface area contributed by atoms with E-state index in [0.717, 1.165) is 58.4 Å². The normalized spacial score (nSPS) is 25.3. The average molecular weight is 282 g/mol. The maximum Gasteiger partial charge on any atom is 0.240 e. The molecular formula is C15H30N4O. The predicted molar refractivity (Wildman–Crippen MR) is 81.8 cm³/mol. The summed E-state index contributed by atoms with van der Waals surface area (Å²) in [6.45, 7) is 5.01. The second-order valence-electron chi connectivity index (χ2n) is 6.52. The molecule has 116 valence electrons. The molecule has 0 unspecified atom stereocenters. The van der Waals surface area contributed by atoms with E-state index in [1.807, 2.05) is 0 Å². The Bertz CT molecular complexity index is 307. The fraction of sp³-hybridized carbons (Fsp3) is 0.933. The highest BCUT2D eigenvalue weighted by atomic mass is 16.2. The summed E-state index contributed by atoms with van der Waals surface area (Å²) in [7, 11) is 6.32. The van der Waals surface area contributed by atoms with Crippen LogP contribution < -0.4 is 5.32 Å². The van der Waals surface area contributed by atoms with Crippen LogP contribution in [0.4, 0.5) is 0 Å². The number of rotatable bonds is 5. The van der Waals surface area contributed by atoms with E-state index in [0.29, 0.717) is 11.9 Å². The molecule has 0 bridgehead atoms. The summed E-state index contributed by atoms with van der Waals surface area (Å²) >= 11 is 0. The van der Waals surface area contributed by atoms with Gasteiger partial charge in [-0.05, 0) is 66.5 Å².